The summed E-state index contributed by atoms with van der Waals surface area (Å²) in [5, 5.41) is 9.95. The summed E-state index contributed by atoms with van der Waals surface area (Å²) >= 11 is 3.50. The largest absolute Gasteiger partial charge is 0.494 e. The number of hydrogen-bond donors (Lipinski definition) is 0. The number of aryl methyl sites for hydroxylation is 1. The van der Waals surface area contributed by atoms with E-state index in [-0.39, 0.29) is 0 Å². The van der Waals surface area contributed by atoms with Crippen LogP contribution in [0.5, 0.6) is 5.75 Å². The van der Waals surface area contributed by atoms with Gasteiger partial charge in [0.05, 0.1) is 18.0 Å². The smallest absolute Gasteiger partial charge is 0.119 e. The van der Waals surface area contributed by atoms with Crippen LogP contribution in [0, 0.1) is 0 Å². The number of benzene rings is 2. The predicted molar refractivity (Wildman–Crippen MR) is 169 cm³/mol. The molecule has 0 radical (unpaired) electrons. The quantitative estimate of drug-likeness (QED) is 0.0685. The van der Waals surface area contributed by atoms with Crippen molar-refractivity contribution in [2.24, 2.45) is 10.2 Å². The Hall–Kier alpha value is -1.68. The van der Waals surface area contributed by atoms with Crippen molar-refractivity contribution in [3.63, 3.8) is 0 Å². The molecule has 0 aliphatic heterocycles. The Morgan fingerprint density at radius 1 is 0.526 bits per heavy atom. The number of azo groups is 1. The fourth-order valence-electron chi connectivity index (χ4n) is 4.72. The highest BCUT2D eigenvalue weighted by atomic mass is 79.9. The molecule has 0 unspecified atom stereocenters. The molecule has 0 spiro atoms. The van der Waals surface area contributed by atoms with E-state index in [1.807, 2.05) is 24.3 Å². The highest BCUT2D eigenvalue weighted by molar-refractivity contribution is 9.09. The van der Waals surface area contributed by atoms with Crippen molar-refractivity contribution >= 4 is 27.3 Å². The lowest BCUT2D eigenvalue weighted by Gasteiger charge is -2.06. The van der Waals surface area contributed by atoms with E-state index >= 15 is 0 Å². The molecule has 0 bridgehead atoms. The second-order valence-electron chi connectivity index (χ2n) is 10.7. The molecule has 212 valence electrons. The summed E-state index contributed by atoms with van der Waals surface area (Å²) in [6.45, 7) is 3.07. The van der Waals surface area contributed by atoms with Gasteiger partial charge in [-0.05, 0) is 67.6 Å². The number of nitrogens with zero attached hydrogens (tertiary/aromatic N) is 2. The van der Waals surface area contributed by atoms with Crippen LogP contribution in [0.15, 0.2) is 58.8 Å². The average molecular weight is 586 g/mol. The SMILES string of the molecule is CCCCCCCCCCCCc1ccc(/N=N/c2ccc(OCCCCCCCCCCBr)cc2)cc1. The van der Waals surface area contributed by atoms with E-state index < -0.39 is 0 Å². The van der Waals surface area contributed by atoms with E-state index in [4.69, 9.17) is 4.74 Å². The van der Waals surface area contributed by atoms with Crippen LogP contribution in [0.4, 0.5) is 11.4 Å². The Bertz CT molecular complexity index is 750. The Morgan fingerprint density at radius 2 is 0.974 bits per heavy atom. The summed E-state index contributed by atoms with van der Waals surface area (Å²) in [5.74, 6) is 0.912. The maximum atomic E-state index is 5.90. The Kier molecular flexibility index (Phi) is 19.9. The van der Waals surface area contributed by atoms with Gasteiger partial charge in [-0.2, -0.15) is 10.2 Å². The Labute approximate surface area is 242 Å². The third kappa shape index (κ3) is 17.0. The van der Waals surface area contributed by atoms with Gasteiger partial charge in [0, 0.05) is 5.33 Å². The zero-order chi connectivity index (χ0) is 26.9. The molecule has 0 aliphatic carbocycles. The van der Waals surface area contributed by atoms with Gasteiger partial charge in [0.15, 0.2) is 0 Å². The molecule has 2 rings (SSSR count). The first kappa shape index (κ1) is 32.5. The summed E-state index contributed by atoms with van der Waals surface area (Å²) in [4.78, 5) is 0. The first-order valence-corrected chi connectivity index (χ1v) is 16.7. The van der Waals surface area contributed by atoms with Crippen LogP contribution in [0.3, 0.4) is 0 Å². The van der Waals surface area contributed by atoms with E-state index in [1.54, 1.807) is 0 Å². The van der Waals surface area contributed by atoms with Crippen molar-refractivity contribution in [1.29, 1.82) is 0 Å². The minimum atomic E-state index is 0.788. The van der Waals surface area contributed by atoms with E-state index in [1.165, 1.54) is 115 Å². The van der Waals surface area contributed by atoms with Crippen molar-refractivity contribution in [1.82, 2.24) is 0 Å². The Morgan fingerprint density at radius 3 is 1.50 bits per heavy atom. The summed E-state index contributed by atoms with van der Waals surface area (Å²) in [5.41, 5.74) is 3.15. The van der Waals surface area contributed by atoms with Gasteiger partial charge in [0.2, 0.25) is 0 Å². The number of rotatable bonds is 24. The first-order chi connectivity index (χ1) is 18.8. The molecule has 0 saturated heterocycles. The van der Waals surface area contributed by atoms with Crippen molar-refractivity contribution < 1.29 is 4.74 Å². The molecule has 0 heterocycles. The molecular weight excluding hydrogens is 532 g/mol. The number of alkyl halides is 1. The third-order valence-electron chi connectivity index (χ3n) is 7.17. The summed E-state index contributed by atoms with van der Waals surface area (Å²) in [7, 11) is 0. The molecule has 0 aliphatic rings. The highest BCUT2D eigenvalue weighted by Crippen LogP contribution is 2.22. The number of halogens is 1. The lowest BCUT2D eigenvalue weighted by molar-refractivity contribution is 0.304. The summed E-state index contributed by atoms with van der Waals surface area (Å²) in [6.07, 6.45) is 25.4. The molecule has 2 aromatic carbocycles. The number of hydrogen-bond acceptors (Lipinski definition) is 3. The molecule has 0 N–H and O–H groups in total. The van der Waals surface area contributed by atoms with Crippen LogP contribution in [0.1, 0.15) is 128 Å². The molecule has 0 amide bonds. The van der Waals surface area contributed by atoms with Gasteiger partial charge in [-0.1, -0.05) is 131 Å². The molecule has 38 heavy (non-hydrogen) atoms. The maximum absolute atomic E-state index is 5.90. The van der Waals surface area contributed by atoms with Crippen molar-refractivity contribution in [3.8, 4) is 5.75 Å². The molecule has 4 heteroatoms. The van der Waals surface area contributed by atoms with Gasteiger partial charge >= 0.3 is 0 Å². The van der Waals surface area contributed by atoms with Crippen molar-refractivity contribution in [2.45, 2.75) is 129 Å². The summed E-state index contributed by atoms with van der Waals surface area (Å²) < 4.78 is 5.90. The van der Waals surface area contributed by atoms with E-state index in [0.717, 1.165) is 41.9 Å². The molecule has 0 fully saturated rings. The van der Waals surface area contributed by atoms with Gasteiger partial charge in [-0.3, -0.25) is 0 Å². The van der Waals surface area contributed by atoms with Gasteiger partial charge in [-0.15, -0.1) is 0 Å². The van der Waals surface area contributed by atoms with Gasteiger partial charge in [0.1, 0.15) is 5.75 Å². The molecular formula is C34H53BrN2O. The second-order valence-corrected chi connectivity index (χ2v) is 11.5. The van der Waals surface area contributed by atoms with Crippen LogP contribution in [0.25, 0.3) is 0 Å². The molecule has 3 nitrogen and oxygen atoms in total. The van der Waals surface area contributed by atoms with Crippen LogP contribution in [0.2, 0.25) is 0 Å². The van der Waals surface area contributed by atoms with Crippen LogP contribution in [-0.2, 0) is 6.42 Å². The van der Waals surface area contributed by atoms with E-state index in [9.17, 15) is 0 Å². The second kappa shape index (κ2) is 23.2. The predicted octanol–water partition coefficient (Wildman–Crippen LogP) is 12.5. The van der Waals surface area contributed by atoms with Crippen molar-refractivity contribution in [2.75, 3.05) is 11.9 Å². The fraction of sp³-hybridized carbons (Fsp3) is 0.647. The lowest BCUT2D eigenvalue weighted by atomic mass is 10.0. The number of ether oxygens (including phenoxy) is 1. The maximum Gasteiger partial charge on any atom is 0.119 e. The normalized spacial score (nSPS) is 11.4. The number of unbranched alkanes of at least 4 members (excludes halogenated alkanes) is 16. The lowest BCUT2D eigenvalue weighted by Crippen LogP contribution is -1.96. The summed E-state index contributed by atoms with van der Waals surface area (Å²) in [6, 6.07) is 16.5. The molecule has 0 aromatic heterocycles. The fourth-order valence-corrected chi connectivity index (χ4v) is 5.11. The zero-order valence-corrected chi connectivity index (χ0v) is 25.7. The van der Waals surface area contributed by atoms with Gasteiger partial charge in [-0.25, -0.2) is 0 Å². The molecule has 2 aromatic rings. The topological polar surface area (TPSA) is 34.0 Å². The minimum absolute atomic E-state index is 0.788. The minimum Gasteiger partial charge on any atom is -0.494 e. The van der Waals surface area contributed by atoms with Crippen molar-refractivity contribution in [3.05, 3.63) is 54.1 Å². The van der Waals surface area contributed by atoms with E-state index in [2.05, 4.69) is 57.3 Å². The van der Waals surface area contributed by atoms with Gasteiger partial charge < -0.3 is 4.74 Å². The van der Waals surface area contributed by atoms with Crippen LogP contribution >= 0.6 is 15.9 Å². The third-order valence-corrected chi connectivity index (χ3v) is 7.73. The van der Waals surface area contributed by atoms with E-state index in [0.29, 0.717) is 0 Å². The zero-order valence-electron chi connectivity index (χ0n) is 24.1. The van der Waals surface area contributed by atoms with Crippen LogP contribution < -0.4 is 4.74 Å². The first-order valence-electron chi connectivity index (χ1n) is 15.6. The highest BCUT2D eigenvalue weighted by Gasteiger charge is 1.99. The average Bonchev–Trinajstić information content (AvgIpc) is 2.95. The molecule has 0 saturated carbocycles. The monoisotopic (exact) mass is 584 g/mol. The van der Waals surface area contributed by atoms with Gasteiger partial charge in [0.25, 0.3) is 0 Å². The standard InChI is InChI=1S/C34H53BrN2O/c1-2-3-4-5-6-7-8-11-14-17-20-31-21-23-32(24-22-31)36-37-33-25-27-34(28-26-33)38-30-19-16-13-10-9-12-15-18-29-35/h21-28H,2-20,29-30H2,1H3/b37-36+. The van der Waals surface area contributed by atoms with Crippen LogP contribution in [-0.4, -0.2) is 11.9 Å². The Balaban J connectivity index is 1.53. The molecule has 0 atom stereocenters.